The van der Waals surface area contributed by atoms with Gasteiger partial charge in [-0.1, -0.05) is 44.0 Å². The third kappa shape index (κ3) is 16.0. The molecule has 12 heterocycles. The van der Waals surface area contributed by atoms with Gasteiger partial charge in [-0.15, -0.1) is 0 Å². The molecule has 3 saturated heterocycles. The van der Waals surface area contributed by atoms with E-state index in [0.29, 0.717) is 73.1 Å². The Morgan fingerprint density at radius 2 is 0.641 bits per heavy atom. The number of nitrogen functional groups attached to an aromatic ring is 1. The van der Waals surface area contributed by atoms with Gasteiger partial charge in [0.2, 0.25) is 17.7 Å². The number of piperazine rings is 3. The zero-order valence-corrected chi connectivity index (χ0v) is 72.9. The second-order valence-corrected chi connectivity index (χ2v) is 35.8. The number of carbonyl (C=O) groups is 3. The van der Waals surface area contributed by atoms with E-state index in [-0.39, 0.29) is 163 Å². The Morgan fingerprint density at radius 1 is 0.366 bits per heavy atom. The van der Waals surface area contributed by atoms with E-state index in [1.807, 2.05) is 56.2 Å². The van der Waals surface area contributed by atoms with E-state index in [1.54, 1.807) is 27.1 Å². The molecule has 672 valence electrons. The third-order valence-corrected chi connectivity index (χ3v) is 26.1. The molecule has 3 aliphatic heterocycles. The predicted octanol–water partition coefficient (Wildman–Crippen LogP) is 13.9. The minimum atomic E-state index is -0.887. The Labute approximate surface area is 747 Å². The van der Waals surface area contributed by atoms with Crippen LogP contribution in [-0.2, 0) is 14.4 Å². The number of carbonyl (C=O) groups excluding carboxylic acids is 3. The van der Waals surface area contributed by atoms with Crippen LogP contribution in [0.2, 0.25) is 0 Å². The van der Waals surface area contributed by atoms with Gasteiger partial charge >= 0.3 is 17.1 Å². The highest BCUT2D eigenvalue weighted by Crippen LogP contribution is 2.52. The summed E-state index contributed by atoms with van der Waals surface area (Å²) >= 11 is 0. The molecular formula is C96H94F6N22O7. The number of hydrogen-bond donors (Lipinski definition) is 2. The Morgan fingerprint density at radius 3 is 0.931 bits per heavy atom. The second-order valence-electron chi connectivity index (χ2n) is 35.8. The molecule has 12 aromatic rings. The van der Waals surface area contributed by atoms with Crippen molar-refractivity contribution in [1.82, 2.24) is 88.2 Å². The van der Waals surface area contributed by atoms with Crippen LogP contribution in [-0.4, -0.2) is 187 Å². The number of nitrogens with two attached hydrogens (primary N) is 1. The molecule has 3 amide bonds. The standard InChI is InChI=1S/C32H32F2N8O2.C32H31F2N7O3.C32H31F2N7O2/c1-4-24(43)41-16(2)13-40(14-17(41)3)30-20-12-22(34)28(25-21(33)6-5-7-23(25)35)38-31(20)42(32(44)39-30)29-26(18-8-9-18)36-15-37-27(29)19-10-11-19;1-4-24(43)40-16(2)13-39(14-17(40)3)30-20-12-22(34)28(25-21(33)6-5-7-23(25)42)37-31(20)41(32(44)38-30)29-26(18-8-9-18)35-15-36-27(29)19-10-11-19;1-4-25(42)40-17(2)14-39(15-18(40)3)30-22-13-24(34)28(21-7-5-6-8-23(21)33)37-31(22)41(32(43)38-30)29-26(19-9-10-19)35-16-36-27(29)20-11-12-20/h4-7,12,15-19H,1,8-11,13-14,35H2,2-3H3;4-7,12,15-19,42H,1,8-11,13-14H2,2-3H3;4-8,13,16-20H,1,9-12,14-15H2,2-3H3/t2*16-,17+;17-,18+. The van der Waals surface area contributed by atoms with Crippen LogP contribution in [0, 0.1) is 34.9 Å². The number of amides is 3. The first-order chi connectivity index (χ1) is 63.1. The molecule has 131 heavy (non-hydrogen) atoms. The van der Waals surface area contributed by atoms with Crippen molar-refractivity contribution < 1.29 is 45.8 Å². The van der Waals surface area contributed by atoms with Crippen LogP contribution in [0.25, 0.3) is 83.9 Å². The van der Waals surface area contributed by atoms with Crippen molar-refractivity contribution >= 4 is 74.0 Å². The van der Waals surface area contributed by atoms with Crippen LogP contribution >= 0.6 is 0 Å². The van der Waals surface area contributed by atoms with Gasteiger partial charge in [0.05, 0.1) is 78.5 Å². The molecule has 3 N–H and O–H groups in total. The molecule has 21 rings (SSSR count). The number of phenols is 1. The van der Waals surface area contributed by atoms with Gasteiger partial charge in [-0.3, -0.25) is 14.4 Å². The van der Waals surface area contributed by atoms with Crippen LogP contribution in [0.4, 0.5) is 49.5 Å². The van der Waals surface area contributed by atoms with Gasteiger partial charge in [-0.2, -0.15) is 15.0 Å². The SMILES string of the molecule is C=CC(=O)N1[C@H](C)CN(c2nc(=O)n(-c3c(C4CC4)ncnc3C3CC3)c3nc(-c4c(N)cccc4F)c(F)cc23)C[C@@H]1C.C=CC(=O)N1[C@H](C)CN(c2nc(=O)n(-c3c(C4CC4)ncnc3C3CC3)c3nc(-c4c(O)cccc4F)c(F)cc23)C[C@@H]1C.C=CC(=O)N1[C@H](C)CN(c2nc(=O)n(-c3c(C4CC4)ncnc3C3CC3)c3nc(-c4ccccc4F)c(F)cc23)C[C@@H]1C. The highest BCUT2D eigenvalue weighted by Gasteiger charge is 2.44. The zero-order valence-electron chi connectivity index (χ0n) is 72.9. The molecule has 9 aliphatic rings. The summed E-state index contributed by atoms with van der Waals surface area (Å²) in [6.07, 6.45) is 19.5. The highest BCUT2D eigenvalue weighted by molar-refractivity contribution is 5.96. The third-order valence-electron chi connectivity index (χ3n) is 26.1. The maximum absolute atomic E-state index is 16.0. The molecule has 6 atom stereocenters. The van der Waals surface area contributed by atoms with Gasteiger partial charge in [-0.05, 0) is 191 Å². The van der Waals surface area contributed by atoms with Crippen molar-refractivity contribution in [2.24, 2.45) is 0 Å². The van der Waals surface area contributed by atoms with Crippen molar-refractivity contribution in [2.75, 3.05) is 59.7 Å². The van der Waals surface area contributed by atoms with E-state index in [9.17, 15) is 38.3 Å². The molecule has 0 unspecified atom stereocenters. The van der Waals surface area contributed by atoms with Crippen LogP contribution in [0.3, 0.4) is 0 Å². The molecule has 3 aromatic carbocycles. The number of phenolic OH excluding ortho intramolecular Hbond substituents is 1. The molecule has 0 bridgehead atoms. The van der Waals surface area contributed by atoms with Crippen LogP contribution in [0.5, 0.6) is 5.75 Å². The summed E-state index contributed by atoms with van der Waals surface area (Å²) in [5.74, 6) is -4.03. The number of aromatic nitrogens is 15. The molecular weight excluding hydrogens is 1690 g/mol. The number of benzene rings is 3. The largest absolute Gasteiger partial charge is 0.507 e. The van der Waals surface area contributed by atoms with Crippen molar-refractivity contribution in [3.05, 3.63) is 236 Å². The second kappa shape index (κ2) is 34.1. The Hall–Kier alpha value is -14.0. The topological polar surface area (TPSA) is 338 Å². The quantitative estimate of drug-likeness (QED) is 0.0458. The number of fused-ring (bicyclic) bond motifs is 3. The average Bonchev–Trinajstić information content (AvgIpc) is 1.35. The van der Waals surface area contributed by atoms with E-state index in [0.717, 1.165) is 106 Å². The summed E-state index contributed by atoms with van der Waals surface area (Å²) in [5, 5.41) is 11.4. The molecule has 6 aliphatic carbocycles. The fourth-order valence-corrected chi connectivity index (χ4v) is 19.3. The molecule has 0 radical (unpaired) electrons. The van der Waals surface area contributed by atoms with E-state index < -0.39 is 69.0 Å². The van der Waals surface area contributed by atoms with Gasteiger partial charge in [0.25, 0.3) is 0 Å². The normalized spacial score (nSPS) is 20.3. The van der Waals surface area contributed by atoms with Gasteiger partial charge in [0.15, 0.2) is 28.6 Å². The lowest BCUT2D eigenvalue weighted by atomic mass is 10.1. The molecule has 35 heteroatoms. The summed E-state index contributed by atoms with van der Waals surface area (Å²) in [7, 11) is 0. The maximum Gasteiger partial charge on any atom is 0.355 e. The first kappa shape index (κ1) is 86.4. The predicted molar refractivity (Wildman–Crippen MR) is 481 cm³/mol. The van der Waals surface area contributed by atoms with E-state index in [1.165, 1.54) is 111 Å². The number of hydrogen-bond acceptors (Lipinski definition) is 23. The first-order valence-corrected chi connectivity index (χ1v) is 44.4. The van der Waals surface area contributed by atoms with Crippen molar-refractivity contribution in [2.45, 2.75) is 190 Å². The van der Waals surface area contributed by atoms with Crippen LogP contribution in [0.15, 0.2) is 150 Å². The summed E-state index contributed by atoms with van der Waals surface area (Å²) in [6.45, 7) is 24.3. The van der Waals surface area contributed by atoms with E-state index in [4.69, 9.17) is 5.73 Å². The van der Waals surface area contributed by atoms with Crippen LogP contribution < -0.4 is 37.5 Å². The number of rotatable bonds is 18. The zero-order chi connectivity index (χ0) is 91.7. The minimum Gasteiger partial charge on any atom is -0.507 e. The van der Waals surface area contributed by atoms with Crippen molar-refractivity contribution in [3.63, 3.8) is 0 Å². The average molecular weight is 1780 g/mol. The van der Waals surface area contributed by atoms with Gasteiger partial charge in [0.1, 0.15) is 82.5 Å². The van der Waals surface area contributed by atoms with E-state index in [2.05, 4.69) is 79.5 Å². The first-order valence-electron chi connectivity index (χ1n) is 44.4. The van der Waals surface area contributed by atoms with Gasteiger partial charge < -0.3 is 40.2 Å². The smallest absolute Gasteiger partial charge is 0.355 e. The Bertz CT molecular complexity index is 6510. The van der Waals surface area contributed by atoms with Crippen molar-refractivity contribution in [1.29, 1.82) is 0 Å². The minimum absolute atomic E-state index is 0.00722. The summed E-state index contributed by atoms with van der Waals surface area (Å²) in [4.78, 5) is 146. The van der Waals surface area contributed by atoms with E-state index >= 15 is 22.0 Å². The Kier molecular flexibility index (Phi) is 22.5. The number of halogens is 6. The molecule has 9 fully saturated rings. The fraction of sp³-hybridized carbons (Fsp3) is 0.375. The number of nitrogens with zero attached hydrogens (tertiary/aromatic N) is 21. The van der Waals surface area contributed by atoms with Gasteiger partial charge in [-0.25, -0.2) is 99.3 Å². The number of aromatic hydroxyl groups is 1. The summed E-state index contributed by atoms with van der Waals surface area (Å²) in [6, 6.07) is 15.9. The number of anilines is 4. The lowest BCUT2D eigenvalue weighted by Crippen LogP contribution is -2.58. The highest BCUT2D eigenvalue weighted by atomic mass is 19.1. The van der Waals surface area contributed by atoms with Crippen LogP contribution in [0.1, 0.15) is 188 Å². The summed E-state index contributed by atoms with van der Waals surface area (Å²) < 4.78 is 97.2. The van der Waals surface area contributed by atoms with Crippen molar-refractivity contribution in [3.8, 4) is 56.6 Å². The lowest BCUT2D eigenvalue weighted by molar-refractivity contribution is -0.131. The number of pyridine rings is 3. The summed E-state index contributed by atoms with van der Waals surface area (Å²) in [5.41, 5.74) is 9.06. The van der Waals surface area contributed by atoms with Gasteiger partial charge in [0, 0.05) is 122 Å². The monoisotopic (exact) mass is 1780 g/mol. The Balaban J connectivity index is 0.000000127. The molecule has 6 saturated carbocycles. The molecule has 0 spiro atoms. The lowest BCUT2D eigenvalue weighted by Gasteiger charge is -2.44. The maximum atomic E-state index is 16.0. The fourth-order valence-electron chi connectivity index (χ4n) is 19.3. The molecule has 9 aromatic heterocycles. The molecule has 29 nitrogen and oxygen atoms in total.